The maximum atomic E-state index is 11.6. The van der Waals surface area contributed by atoms with E-state index >= 15 is 0 Å². The van der Waals surface area contributed by atoms with Gasteiger partial charge in [-0.25, -0.2) is 0 Å². The molecule has 3 atom stereocenters. The van der Waals surface area contributed by atoms with E-state index in [2.05, 4.69) is 74.3 Å². The van der Waals surface area contributed by atoms with Gasteiger partial charge in [-0.2, -0.15) is 0 Å². The number of rotatable bonds is 8. The van der Waals surface area contributed by atoms with Crippen LogP contribution in [0.15, 0.2) is 73.1 Å². The van der Waals surface area contributed by atoms with Crippen molar-refractivity contribution in [3.63, 3.8) is 0 Å². The minimum atomic E-state index is -0.750. The number of nitrogens with zero attached hydrogens (tertiary/aromatic N) is 1. The zero-order chi connectivity index (χ0) is 25.9. The van der Waals surface area contributed by atoms with Gasteiger partial charge in [-0.3, -0.25) is 4.98 Å². The molecule has 0 aliphatic heterocycles. The lowest BCUT2D eigenvalue weighted by molar-refractivity contribution is -0.109. The molecule has 0 radical (unpaired) electrons. The molecule has 2 aliphatic carbocycles. The van der Waals surface area contributed by atoms with Crippen LogP contribution in [0.2, 0.25) is 0 Å². The number of hydrogen-bond donors (Lipinski definition) is 1. The molecule has 3 aromatic rings. The second kappa shape index (κ2) is 10.6. The van der Waals surface area contributed by atoms with E-state index in [4.69, 9.17) is 9.47 Å². The number of aromatic nitrogens is 1. The van der Waals surface area contributed by atoms with Gasteiger partial charge < -0.3 is 14.6 Å². The van der Waals surface area contributed by atoms with Crippen molar-refractivity contribution < 1.29 is 14.6 Å². The SMILES string of the molecule is CC(C)(C)COC[C@@]1(O)CC[C@@]2(Cc3ccccc3)c3ccc(OCc4cccnc4)cc3CC[C@@H]2C1. The second-order valence-electron chi connectivity index (χ2n) is 12.5. The van der Waals surface area contributed by atoms with Crippen molar-refractivity contribution in [1.29, 1.82) is 0 Å². The third-order valence-corrected chi connectivity index (χ3v) is 8.22. The molecule has 5 rings (SSSR count). The normalized spacial score (nSPS) is 25.2. The molecule has 1 N–H and O–H groups in total. The van der Waals surface area contributed by atoms with Gasteiger partial charge >= 0.3 is 0 Å². The third-order valence-electron chi connectivity index (χ3n) is 8.22. The summed E-state index contributed by atoms with van der Waals surface area (Å²) in [6.45, 7) is 8.14. The van der Waals surface area contributed by atoms with E-state index in [-0.39, 0.29) is 10.8 Å². The summed E-state index contributed by atoms with van der Waals surface area (Å²) in [5, 5.41) is 11.6. The second-order valence-corrected chi connectivity index (χ2v) is 12.5. The van der Waals surface area contributed by atoms with E-state index in [0.29, 0.717) is 25.7 Å². The molecule has 4 nitrogen and oxygen atoms in total. The molecular weight excluding hydrogens is 458 g/mol. The van der Waals surface area contributed by atoms with Gasteiger partial charge in [-0.15, -0.1) is 0 Å². The summed E-state index contributed by atoms with van der Waals surface area (Å²) in [5.41, 5.74) is 4.65. The van der Waals surface area contributed by atoms with Gasteiger partial charge in [0.05, 0.1) is 18.8 Å². The first-order valence-electron chi connectivity index (χ1n) is 13.7. The molecule has 1 aromatic heterocycles. The molecule has 0 unspecified atom stereocenters. The van der Waals surface area contributed by atoms with Crippen LogP contribution in [0, 0.1) is 11.3 Å². The van der Waals surface area contributed by atoms with Crippen LogP contribution in [0.5, 0.6) is 5.75 Å². The fourth-order valence-electron chi connectivity index (χ4n) is 6.45. The Morgan fingerprint density at radius 3 is 2.57 bits per heavy atom. The monoisotopic (exact) mass is 499 g/mol. The molecule has 196 valence electrons. The van der Waals surface area contributed by atoms with E-state index in [0.717, 1.165) is 49.8 Å². The highest BCUT2D eigenvalue weighted by Crippen LogP contribution is 2.54. The zero-order valence-corrected chi connectivity index (χ0v) is 22.6. The maximum Gasteiger partial charge on any atom is 0.120 e. The van der Waals surface area contributed by atoms with Crippen LogP contribution in [0.4, 0.5) is 0 Å². The lowest BCUT2D eigenvalue weighted by Gasteiger charge is -2.53. The van der Waals surface area contributed by atoms with Crippen molar-refractivity contribution in [3.05, 3.63) is 95.3 Å². The molecule has 0 spiro atoms. The minimum absolute atomic E-state index is 0.0209. The first kappa shape index (κ1) is 25.9. The van der Waals surface area contributed by atoms with Crippen LogP contribution in [-0.2, 0) is 29.6 Å². The van der Waals surface area contributed by atoms with E-state index in [1.807, 2.05) is 18.3 Å². The minimum Gasteiger partial charge on any atom is -0.489 e. The predicted molar refractivity (Wildman–Crippen MR) is 148 cm³/mol. The molecule has 2 aliphatic rings. The van der Waals surface area contributed by atoms with E-state index in [1.165, 1.54) is 16.7 Å². The average molecular weight is 500 g/mol. The maximum absolute atomic E-state index is 11.6. The van der Waals surface area contributed by atoms with Gasteiger partial charge in [0.15, 0.2) is 0 Å². The number of ether oxygens (including phenoxy) is 2. The topological polar surface area (TPSA) is 51.6 Å². The quantitative estimate of drug-likeness (QED) is 0.376. The number of aliphatic hydroxyl groups is 1. The van der Waals surface area contributed by atoms with Crippen molar-refractivity contribution in [2.75, 3.05) is 13.2 Å². The molecule has 4 heteroatoms. The van der Waals surface area contributed by atoms with Crippen LogP contribution < -0.4 is 4.74 Å². The highest BCUT2D eigenvalue weighted by atomic mass is 16.5. The van der Waals surface area contributed by atoms with Crippen LogP contribution in [0.25, 0.3) is 0 Å². The van der Waals surface area contributed by atoms with E-state index in [9.17, 15) is 5.11 Å². The number of pyridine rings is 1. The average Bonchev–Trinajstić information content (AvgIpc) is 2.88. The number of fused-ring (bicyclic) bond motifs is 3. The molecule has 1 heterocycles. The summed E-state index contributed by atoms with van der Waals surface area (Å²) in [7, 11) is 0. The first-order chi connectivity index (χ1) is 17.7. The summed E-state index contributed by atoms with van der Waals surface area (Å²) in [6.07, 6.45) is 9.25. The van der Waals surface area contributed by atoms with Crippen molar-refractivity contribution in [2.24, 2.45) is 11.3 Å². The summed E-state index contributed by atoms with van der Waals surface area (Å²) in [4.78, 5) is 4.19. The number of benzene rings is 2. The fourth-order valence-corrected chi connectivity index (χ4v) is 6.45. The molecule has 37 heavy (non-hydrogen) atoms. The Morgan fingerprint density at radius 1 is 1.00 bits per heavy atom. The smallest absolute Gasteiger partial charge is 0.120 e. The lowest BCUT2D eigenvalue weighted by atomic mass is 9.52. The summed E-state index contributed by atoms with van der Waals surface area (Å²) < 4.78 is 12.2. The molecule has 0 amide bonds. The number of aryl methyl sites for hydroxylation is 1. The molecular formula is C33H41NO3. The standard InChI is InChI=1S/C33H41NO3/c1-31(2,3)23-36-24-32(35)15-16-33(19-25-8-5-4-6-9-25)28(20-32)12-11-27-18-29(13-14-30(27)33)37-22-26-10-7-17-34-21-26/h4-10,13-14,17-18,21,28,35H,11-12,15-16,19-20,22-24H2,1-3H3/t28-,32-,33+/m1/s1. The molecule has 0 saturated heterocycles. The Hall–Kier alpha value is -2.69. The fraction of sp³-hybridized carbons (Fsp3) is 0.485. The highest BCUT2D eigenvalue weighted by Gasteiger charge is 2.51. The van der Waals surface area contributed by atoms with Gasteiger partial charge in [0.25, 0.3) is 0 Å². The van der Waals surface area contributed by atoms with Crippen LogP contribution >= 0.6 is 0 Å². The van der Waals surface area contributed by atoms with Crippen molar-refractivity contribution >= 4 is 0 Å². The van der Waals surface area contributed by atoms with Crippen molar-refractivity contribution in [3.8, 4) is 5.75 Å². The number of hydrogen-bond acceptors (Lipinski definition) is 4. The van der Waals surface area contributed by atoms with Crippen LogP contribution in [-0.4, -0.2) is 28.9 Å². The Balaban J connectivity index is 1.39. The zero-order valence-electron chi connectivity index (χ0n) is 22.6. The van der Waals surface area contributed by atoms with Crippen molar-refractivity contribution in [2.45, 2.75) is 76.9 Å². The first-order valence-corrected chi connectivity index (χ1v) is 13.7. The van der Waals surface area contributed by atoms with Gasteiger partial charge in [0.1, 0.15) is 12.4 Å². The molecule has 1 fully saturated rings. The van der Waals surface area contributed by atoms with E-state index < -0.39 is 5.60 Å². The van der Waals surface area contributed by atoms with Gasteiger partial charge in [0.2, 0.25) is 0 Å². The predicted octanol–water partition coefficient (Wildman–Crippen LogP) is 6.68. The Morgan fingerprint density at radius 2 is 1.81 bits per heavy atom. The van der Waals surface area contributed by atoms with E-state index in [1.54, 1.807) is 6.20 Å². The Labute approximate surface area is 222 Å². The molecule has 1 saturated carbocycles. The molecule has 0 bridgehead atoms. The lowest BCUT2D eigenvalue weighted by Crippen LogP contribution is -2.53. The largest absolute Gasteiger partial charge is 0.489 e. The summed E-state index contributed by atoms with van der Waals surface area (Å²) in [6, 6.07) is 21.5. The van der Waals surface area contributed by atoms with Crippen molar-refractivity contribution in [1.82, 2.24) is 4.98 Å². The summed E-state index contributed by atoms with van der Waals surface area (Å²) >= 11 is 0. The van der Waals surface area contributed by atoms with Gasteiger partial charge in [-0.05, 0) is 84.7 Å². The van der Waals surface area contributed by atoms with Gasteiger partial charge in [0, 0.05) is 23.4 Å². The highest BCUT2D eigenvalue weighted by molar-refractivity contribution is 5.45. The Bertz CT molecular complexity index is 1170. The summed E-state index contributed by atoms with van der Waals surface area (Å²) in [5.74, 6) is 1.33. The van der Waals surface area contributed by atoms with Gasteiger partial charge in [-0.1, -0.05) is 63.2 Å². The Kier molecular flexibility index (Phi) is 7.42. The van der Waals surface area contributed by atoms with Crippen LogP contribution in [0.1, 0.15) is 68.7 Å². The van der Waals surface area contributed by atoms with Crippen LogP contribution in [0.3, 0.4) is 0 Å². The third kappa shape index (κ3) is 6.08. The molecule has 2 aromatic carbocycles.